The molecular formula is C17H24N2O. The molecule has 0 unspecified atom stereocenters. The Morgan fingerprint density at radius 2 is 1.75 bits per heavy atom. The van der Waals surface area contributed by atoms with Gasteiger partial charge in [0.25, 0.3) is 0 Å². The number of hydrogen-bond acceptors (Lipinski definition) is 2. The zero-order chi connectivity index (χ0) is 15.1. The largest absolute Gasteiger partial charge is 0.504 e. The smallest absolute Gasteiger partial charge is 0.164 e. The molecule has 0 fully saturated rings. The van der Waals surface area contributed by atoms with Gasteiger partial charge in [-0.3, -0.25) is 4.68 Å². The van der Waals surface area contributed by atoms with E-state index in [4.69, 9.17) is 0 Å². The molecule has 0 amide bonds. The molecule has 1 heterocycles. The van der Waals surface area contributed by atoms with Crippen molar-refractivity contribution in [1.82, 2.24) is 9.78 Å². The first-order valence-electron chi connectivity index (χ1n) is 7.11. The van der Waals surface area contributed by atoms with E-state index in [1.807, 2.05) is 29.8 Å². The normalized spacial score (nSPS) is 12.2. The lowest BCUT2D eigenvalue weighted by Gasteiger charge is -2.22. The van der Waals surface area contributed by atoms with E-state index >= 15 is 0 Å². The van der Waals surface area contributed by atoms with Gasteiger partial charge in [-0.1, -0.05) is 45.0 Å². The van der Waals surface area contributed by atoms with Crippen LogP contribution in [0, 0.1) is 6.92 Å². The Morgan fingerprint density at radius 1 is 1.15 bits per heavy atom. The van der Waals surface area contributed by atoms with Gasteiger partial charge in [-0.15, -0.1) is 0 Å². The minimum Gasteiger partial charge on any atom is -0.504 e. The molecule has 0 radical (unpaired) electrons. The van der Waals surface area contributed by atoms with Gasteiger partial charge >= 0.3 is 0 Å². The fourth-order valence-electron chi connectivity index (χ4n) is 2.54. The van der Waals surface area contributed by atoms with Gasteiger partial charge in [0.2, 0.25) is 0 Å². The first-order chi connectivity index (χ1) is 9.23. The highest BCUT2D eigenvalue weighted by atomic mass is 16.3. The summed E-state index contributed by atoms with van der Waals surface area (Å²) in [5, 5.41) is 15.0. The zero-order valence-electron chi connectivity index (χ0n) is 13.2. The Hall–Kier alpha value is -1.77. The SMILES string of the molecule is Cc1c(O)c(-c2ccccc2C(C)(C)C)nn1C(C)C. The molecule has 20 heavy (non-hydrogen) atoms. The molecule has 0 aliphatic carbocycles. The lowest BCUT2D eigenvalue weighted by Crippen LogP contribution is -2.12. The monoisotopic (exact) mass is 272 g/mol. The number of hydrogen-bond donors (Lipinski definition) is 1. The van der Waals surface area contributed by atoms with Crippen molar-refractivity contribution in [3.8, 4) is 17.0 Å². The molecule has 0 saturated carbocycles. The van der Waals surface area contributed by atoms with Gasteiger partial charge in [0, 0.05) is 11.6 Å². The highest BCUT2D eigenvalue weighted by Gasteiger charge is 2.23. The molecule has 1 N–H and O–H groups in total. The summed E-state index contributed by atoms with van der Waals surface area (Å²) in [7, 11) is 0. The van der Waals surface area contributed by atoms with Crippen LogP contribution in [-0.4, -0.2) is 14.9 Å². The van der Waals surface area contributed by atoms with Crippen LogP contribution in [0.2, 0.25) is 0 Å². The zero-order valence-corrected chi connectivity index (χ0v) is 13.2. The lowest BCUT2D eigenvalue weighted by molar-refractivity contribution is 0.461. The summed E-state index contributed by atoms with van der Waals surface area (Å²) in [5.74, 6) is 0.287. The molecule has 3 heteroatoms. The highest BCUT2D eigenvalue weighted by Crippen LogP contribution is 2.38. The molecular weight excluding hydrogens is 248 g/mol. The summed E-state index contributed by atoms with van der Waals surface area (Å²) >= 11 is 0. The maximum atomic E-state index is 10.4. The summed E-state index contributed by atoms with van der Waals surface area (Å²) in [5.41, 5.74) is 3.72. The Kier molecular flexibility index (Phi) is 3.63. The third-order valence-electron chi connectivity index (χ3n) is 3.60. The Bertz CT molecular complexity index is 618. The van der Waals surface area contributed by atoms with Crippen LogP contribution in [0.3, 0.4) is 0 Å². The molecule has 0 bridgehead atoms. The molecule has 2 rings (SSSR count). The van der Waals surface area contributed by atoms with Gasteiger partial charge < -0.3 is 5.11 Å². The van der Waals surface area contributed by atoms with Crippen molar-refractivity contribution >= 4 is 0 Å². The predicted molar refractivity (Wildman–Crippen MR) is 83.1 cm³/mol. The molecule has 3 nitrogen and oxygen atoms in total. The Morgan fingerprint density at radius 3 is 2.25 bits per heavy atom. The number of nitrogens with zero attached hydrogens (tertiary/aromatic N) is 2. The Labute approximate surface area is 121 Å². The summed E-state index contributed by atoms with van der Waals surface area (Å²) in [6, 6.07) is 8.41. The quantitative estimate of drug-likeness (QED) is 0.877. The van der Waals surface area contributed by atoms with Crippen LogP contribution < -0.4 is 0 Å². The third-order valence-corrected chi connectivity index (χ3v) is 3.60. The first-order valence-corrected chi connectivity index (χ1v) is 7.11. The van der Waals surface area contributed by atoms with Crippen molar-refractivity contribution in [2.24, 2.45) is 0 Å². The Balaban J connectivity index is 2.67. The number of aromatic nitrogens is 2. The van der Waals surface area contributed by atoms with Crippen LogP contribution in [0.4, 0.5) is 0 Å². The summed E-state index contributed by atoms with van der Waals surface area (Å²) < 4.78 is 1.88. The fraction of sp³-hybridized carbons (Fsp3) is 0.471. The molecule has 0 atom stereocenters. The minimum absolute atomic E-state index is 0.0124. The predicted octanol–water partition coefficient (Wildman–Crippen LogP) is 4.44. The van der Waals surface area contributed by atoms with Gasteiger partial charge in [0.05, 0.1) is 5.69 Å². The standard InChI is InChI=1S/C17H24N2O/c1-11(2)19-12(3)16(20)15(18-19)13-9-7-8-10-14(13)17(4,5)6/h7-11,20H,1-6H3. The topological polar surface area (TPSA) is 38.1 Å². The average molecular weight is 272 g/mol. The summed E-state index contributed by atoms with van der Waals surface area (Å²) in [6.45, 7) is 12.6. The van der Waals surface area contributed by atoms with E-state index in [1.54, 1.807) is 0 Å². The van der Waals surface area contributed by atoms with Crippen molar-refractivity contribution in [3.63, 3.8) is 0 Å². The van der Waals surface area contributed by atoms with Crippen LogP contribution in [0.5, 0.6) is 5.75 Å². The average Bonchev–Trinajstić information content (AvgIpc) is 2.65. The minimum atomic E-state index is 0.0124. The molecule has 108 valence electrons. The van der Waals surface area contributed by atoms with Crippen molar-refractivity contribution in [2.75, 3.05) is 0 Å². The number of benzene rings is 1. The highest BCUT2D eigenvalue weighted by molar-refractivity contribution is 5.71. The second-order valence-electron chi connectivity index (χ2n) is 6.62. The lowest BCUT2D eigenvalue weighted by atomic mass is 9.83. The maximum absolute atomic E-state index is 10.4. The van der Waals surface area contributed by atoms with Crippen LogP contribution >= 0.6 is 0 Å². The van der Waals surface area contributed by atoms with E-state index in [-0.39, 0.29) is 17.2 Å². The fourth-order valence-corrected chi connectivity index (χ4v) is 2.54. The molecule has 0 spiro atoms. The summed E-state index contributed by atoms with van der Waals surface area (Å²) in [4.78, 5) is 0. The molecule has 1 aromatic heterocycles. The van der Waals surface area contributed by atoms with Crippen LogP contribution in [0.25, 0.3) is 11.3 Å². The van der Waals surface area contributed by atoms with E-state index in [9.17, 15) is 5.11 Å². The van der Waals surface area contributed by atoms with Crippen molar-refractivity contribution in [3.05, 3.63) is 35.5 Å². The molecule has 0 aliphatic rings. The van der Waals surface area contributed by atoms with Crippen LogP contribution in [-0.2, 0) is 5.41 Å². The maximum Gasteiger partial charge on any atom is 0.164 e. The molecule has 1 aromatic carbocycles. The second-order valence-corrected chi connectivity index (χ2v) is 6.62. The molecule has 2 aromatic rings. The van der Waals surface area contributed by atoms with E-state index < -0.39 is 0 Å². The van der Waals surface area contributed by atoms with Crippen molar-refractivity contribution in [2.45, 2.75) is 53.0 Å². The second kappa shape index (κ2) is 4.97. The van der Waals surface area contributed by atoms with E-state index in [2.05, 4.69) is 45.8 Å². The van der Waals surface area contributed by atoms with Gasteiger partial charge in [0.1, 0.15) is 5.69 Å². The van der Waals surface area contributed by atoms with Gasteiger partial charge in [0.15, 0.2) is 5.75 Å². The summed E-state index contributed by atoms with van der Waals surface area (Å²) in [6.07, 6.45) is 0. The number of rotatable bonds is 2. The van der Waals surface area contributed by atoms with Gasteiger partial charge in [-0.05, 0) is 31.7 Å². The van der Waals surface area contributed by atoms with Crippen LogP contribution in [0.15, 0.2) is 24.3 Å². The first kappa shape index (κ1) is 14.6. The number of aromatic hydroxyl groups is 1. The van der Waals surface area contributed by atoms with Gasteiger partial charge in [-0.25, -0.2) is 0 Å². The third kappa shape index (κ3) is 2.45. The van der Waals surface area contributed by atoms with E-state index in [0.717, 1.165) is 11.3 Å². The van der Waals surface area contributed by atoms with Crippen molar-refractivity contribution in [1.29, 1.82) is 0 Å². The van der Waals surface area contributed by atoms with Crippen molar-refractivity contribution < 1.29 is 5.11 Å². The van der Waals surface area contributed by atoms with E-state index in [1.165, 1.54) is 5.56 Å². The molecule has 0 aliphatic heterocycles. The van der Waals surface area contributed by atoms with Gasteiger partial charge in [-0.2, -0.15) is 5.10 Å². The van der Waals surface area contributed by atoms with E-state index in [0.29, 0.717) is 5.69 Å². The van der Waals surface area contributed by atoms with Crippen LogP contribution in [0.1, 0.15) is 51.9 Å². The molecule has 0 saturated heterocycles.